The van der Waals surface area contributed by atoms with E-state index in [1.54, 1.807) is 4.68 Å². The van der Waals surface area contributed by atoms with Gasteiger partial charge >= 0.3 is 0 Å². The number of ether oxygens (including phenoxy) is 1. The van der Waals surface area contributed by atoms with E-state index in [0.29, 0.717) is 25.2 Å². The molecular weight excluding hydrogens is 660 g/mol. The maximum absolute atomic E-state index is 14.6. The van der Waals surface area contributed by atoms with Crippen molar-refractivity contribution in [2.75, 3.05) is 18.1 Å². The van der Waals surface area contributed by atoms with Crippen LogP contribution in [0.3, 0.4) is 0 Å². The maximum atomic E-state index is 14.6. The molecule has 1 aromatic heterocycles. The smallest absolute Gasteiger partial charge is 0.264 e. The molecular formula is C36H47BrN4O4Si. The normalized spacial score (nSPS) is 23.7. The monoisotopic (exact) mass is 706 g/mol. The third-order valence-electron chi connectivity index (χ3n) is 9.60. The number of fused-ring (bicyclic) bond motifs is 2. The second-order valence-corrected chi connectivity index (χ2v) is 18.5. The predicted molar refractivity (Wildman–Crippen MR) is 188 cm³/mol. The number of carbonyl (C=O) groups excluding carboxylic acids is 1. The number of aliphatic hydroxyl groups excluding tert-OH is 1. The highest BCUT2D eigenvalue weighted by atomic mass is 79.9. The minimum absolute atomic E-state index is 0.0658. The quantitative estimate of drug-likeness (QED) is 0.154. The molecule has 246 valence electrons. The van der Waals surface area contributed by atoms with Crippen LogP contribution in [-0.2, 0) is 21.7 Å². The number of aromatic nitrogens is 3. The molecule has 1 fully saturated rings. The molecule has 0 bridgehead atoms. The number of rotatable bonds is 12. The molecule has 1 saturated heterocycles. The van der Waals surface area contributed by atoms with Crippen LogP contribution in [0.4, 0.5) is 5.69 Å². The Hall–Kier alpha value is -2.89. The second-order valence-electron chi connectivity index (χ2n) is 13.6. The number of hydrogen-bond donors (Lipinski definition) is 2. The minimum Gasteiger partial charge on any atom is -0.432 e. The highest BCUT2D eigenvalue weighted by molar-refractivity contribution is 9.10. The summed E-state index contributed by atoms with van der Waals surface area (Å²) in [6.07, 6.45) is 8.40. The van der Waals surface area contributed by atoms with Gasteiger partial charge in [-0.25, -0.2) is 0 Å². The van der Waals surface area contributed by atoms with Gasteiger partial charge in [-0.15, -0.1) is 5.10 Å². The first-order chi connectivity index (χ1) is 21.9. The predicted octanol–water partition coefficient (Wildman–Crippen LogP) is 7.09. The Balaban J connectivity index is 1.41. The zero-order valence-electron chi connectivity index (χ0n) is 27.8. The summed E-state index contributed by atoms with van der Waals surface area (Å²) in [5, 5.41) is 18.9. The number of allylic oxidation sites excluding steroid dienone is 3. The van der Waals surface area contributed by atoms with Gasteiger partial charge in [0.15, 0.2) is 13.9 Å². The van der Waals surface area contributed by atoms with Gasteiger partial charge in [-0.2, -0.15) is 0 Å². The average molecular weight is 708 g/mol. The number of aliphatic hydroxyl groups is 1. The van der Waals surface area contributed by atoms with Crippen LogP contribution in [0, 0.1) is 5.92 Å². The highest BCUT2D eigenvalue weighted by Crippen LogP contribution is 2.60. The van der Waals surface area contributed by atoms with E-state index in [9.17, 15) is 14.7 Å². The number of amides is 1. The summed E-state index contributed by atoms with van der Waals surface area (Å²) in [6, 6.07) is 15.8. The molecule has 3 aromatic rings. The van der Waals surface area contributed by atoms with Gasteiger partial charge < -0.3 is 19.5 Å². The summed E-state index contributed by atoms with van der Waals surface area (Å²) in [7, 11) is -2.80. The molecule has 46 heavy (non-hydrogen) atoms. The maximum Gasteiger partial charge on any atom is 0.264 e. The highest BCUT2D eigenvalue weighted by Gasteiger charge is 2.66. The van der Waals surface area contributed by atoms with Crippen molar-refractivity contribution in [2.24, 2.45) is 5.92 Å². The summed E-state index contributed by atoms with van der Waals surface area (Å²) in [6.45, 7) is 13.2. The molecule has 0 saturated carbocycles. The van der Waals surface area contributed by atoms with Crippen molar-refractivity contribution < 1.29 is 19.4 Å². The molecule has 2 N–H and O–H groups in total. The average Bonchev–Trinajstić information content (AvgIpc) is 3.65. The molecule has 8 nitrogen and oxygen atoms in total. The van der Waals surface area contributed by atoms with Crippen molar-refractivity contribution in [2.45, 2.75) is 89.8 Å². The zero-order valence-corrected chi connectivity index (χ0v) is 30.4. The molecule has 5 atom stereocenters. The van der Waals surface area contributed by atoms with E-state index in [2.05, 4.69) is 66.1 Å². The molecule has 0 radical (unpaired) electrons. The van der Waals surface area contributed by atoms with E-state index in [-0.39, 0.29) is 36.0 Å². The van der Waals surface area contributed by atoms with Crippen LogP contribution in [0.2, 0.25) is 18.6 Å². The lowest BCUT2D eigenvalue weighted by Gasteiger charge is -2.32. The van der Waals surface area contributed by atoms with E-state index in [4.69, 9.17) is 4.74 Å². The molecule has 2 aliphatic heterocycles. The van der Waals surface area contributed by atoms with Gasteiger partial charge in [0.05, 0.1) is 30.0 Å². The van der Waals surface area contributed by atoms with Gasteiger partial charge in [0.2, 0.25) is 0 Å². The third-order valence-corrected chi connectivity index (χ3v) is 12.6. The largest absolute Gasteiger partial charge is 0.432 e. The Kier molecular flexibility index (Phi) is 10.5. The summed E-state index contributed by atoms with van der Waals surface area (Å²) >= 11 is 3.65. The fourth-order valence-electron chi connectivity index (χ4n) is 7.34. The first-order valence-electron chi connectivity index (χ1n) is 16.2. The molecule has 2 aliphatic rings. The number of nitrogens with zero attached hydrogens (tertiary/aromatic N) is 4. The van der Waals surface area contributed by atoms with E-state index < -0.39 is 13.9 Å². The first kappa shape index (κ1) is 34.4. The van der Waals surface area contributed by atoms with Crippen LogP contribution in [0.5, 0.6) is 0 Å². The molecule has 10 heteroatoms. The Bertz CT molecular complexity index is 1600. The van der Waals surface area contributed by atoms with Crippen molar-refractivity contribution in [3.8, 4) is 0 Å². The van der Waals surface area contributed by atoms with Gasteiger partial charge in [-0.1, -0.05) is 81.7 Å². The fourth-order valence-corrected chi connectivity index (χ4v) is 10.3. The van der Waals surface area contributed by atoms with Crippen LogP contribution >= 0.6 is 15.9 Å². The lowest BCUT2D eigenvalue weighted by Crippen LogP contribution is -2.46. The lowest BCUT2D eigenvalue weighted by atomic mass is 9.82. The van der Waals surface area contributed by atoms with Gasteiger partial charge in [0, 0.05) is 40.8 Å². The molecule has 3 heterocycles. The Morgan fingerprint density at radius 1 is 1.15 bits per heavy atom. The van der Waals surface area contributed by atoms with Crippen molar-refractivity contribution in [1.82, 2.24) is 15.0 Å². The van der Waals surface area contributed by atoms with Crippen molar-refractivity contribution in [3.05, 3.63) is 99.3 Å². The summed E-state index contributed by atoms with van der Waals surface area (Å²) in [5.74, 6) is -0.566. The summed E-state index contributed by atoms with van der Waals surface area (Å²) < 4.78 is 9.65. The van der Waals surface area contributed by atoms with Crippen molar-refractivity contribution in [1.29, 1.82) is 0 Å². The number of carbonyl (C=O) groups is 1. The van der Waals surface area contributed by atoms with Gasteiger partial charge in [-0.05, 0) is 76.9 Å². The number of anilines is 1. The Labute approximate surface area is 282 Å². The molecule has 5 rings (SSSR count). The molecule has 2 aromatic carbocycles. The first-order valence-corrected chi connectivity index (χ1v) is 20.1. The molecule has 1 unspecified atom stereocenters. The minimum atomic E-state index is -2.80. The number of aryl methyl sites for hydroxylation is 1. The van der Waals surface area contributed by atoms with Gasteiger partial charge in [0.1, 0.15) is 0 Å². The van der Waals surface area contributed by atoms with Crippen LogP contribution < -0.4 is 4.90 Å². The SMILES string of the molecule is CC(C)=CCC/C(C)=C/CN1C(=O)[C@]2(O[C@H](CCn3cc(C(CO)c4ccccc4)nn3)[C@@H]([Si](C)(C)O)[C@@H]2C)c2cc(Br)ccc21. The zero-order chi connectivity index (χ0) is 33.2. The number of benzene rings is 2. The third kappa shape index (κ3) is 6.87. The molecule has 1 amide bonds. The van der Waals surface area contributed by atoms with Crippen LogP contribution in [0.1, 0.15) is 69.7 Å². The standard InChI is InChI=1S/C36H47BrN4O4Si/c1-24(2)11-10-12-25(3)17-20-41-32-16-15-28(37)21-30(32)36(35(41)43)26(4)34(46(5,6)44)33(45-36)18-19-40-22-31(38-39-40)29(23-42)27-13-8-7-9-14-27/h7-9,11,13-17,21-22,26,29,33-34,42,44H,10,12,18-20,23H2,1-6H3/b25-17+/t26-,29?,33+,34-,36+/m0/s1. The second kappa shape index (κ2) is 14.1. The number of halogens is 1. The Morgan fingerprint density at radius 2 is 1.89 bits per heavy atom. The van der Waals surface area contributed by atoms with Gasteiger partial charge in [0.25, 0.3) is 5.91 Å². The molecule has 0 aliphatic carbocycles. The van der Waals surface area contributed by atoms with E-state index in [0.717, 1.165) is 34.1 Å². The van der Waals surface area contributed by atoms with Crippen LogP contribution in [-0.4, -0.2) is 58.4 Å². The van der Waals surface area contributed by atoms with Crippen LogP contribution in [0.15, 0.2) is 82.5 Å². The van der Waals surface area contributed by atoms with E-state index >= 15 is 0 Å². The summed E-state index contributed by atoms with van der Waals surface area (Å²) in [4.78, 5) is 28.1. The van der Waals surface area contributed by atoms with Crippen LogP contribution in [0.25, 0.3) is 0 Å². The van der Waals surface area contributed by atoms with Gasteiger partial charge in [-0.3, -0.25) is 9.48 Å². The molecule has 1 spiro atoms. The van der Waals surface area contributed by atoms with Crippen molar-refractivity contribution in [3.63, 3.8) is 0 Å². The lowest BCUT2D eigenvalue weighted by molar-refractivity contribution is -0.145. The van der Waals surface area contributed by atoms with Crippen molar-refractivity contribution >= 4 is 35.8 Å². The topological polar surface area (TPSA) is 101 Å². The number of hydrogen-bond acceptors (Lipinski definition) is 6. The van der Waals surface area contributed by atoms with E-state index in [1.165, 1.54) is 11.1 Å². The summed E-state index contributed by atoms with van der Waals surface area (Å²) in [5.41, 5.74) is 4.58. The van der Waals surface area contributed by atoms with E-state index in [1.807, 2.05) is 72.7 Å². The Morgan fingerprint density at radius 3 is 2.57 bits per heavy atom. The fraction of sp³-hybridized carbons (Fsp3) is 0.472.